The maximum Gasteiger partial charge on any atom is 0.115 e. The second kappa shape index (κ2) is 12.9. The number of phenolic OH excluding ortho intramolecular Hbond substituents is 1. The minimum atomic E-state index is 0. The zero-order valence-electron chi connectivity index (χ0n) is 17.7. The van der Waals surface area contributed by atoms with E-state index in [0.717, 1.165) is 17.9 Å². The molecule has 3 aromatic carbocycles. The predicted molar refractivity (Wildman–Crippen MR) is 121 cm³/mol. The van der Waals surface area contributed by atoms with Gasteiger partial charge in [0, 0.05) is 0 Å². The van der Waals surface area contributed by atoms with Gasteiger partial charge in [0.15, 0.2) is 0 Å². The van der Waals surface area contributed by atoms with Gasteiger partial charge in [-0.15, -0.1) is 0 Å². The molecule has 2 nitrogen and oxygen atoms in total. The average Bonchev–Trinajstić information content (AvgIpc) is 2.61. The number of hydrogen-bond acceptors (Lipinski definition) is 1. The molecular formula is C25H36O2. The summed E-state index contributed by atoms with van der Waals surface area (Å²) in [4.78, 5) is 0. The summed E-state index contributed by atoms with van der Waals surface area (Å²) in [5, 5.41) is 11.9. The molecule has 0 atom stereocenters. The fraction of sp³-hybridized carbons (Fsp3) is 0.360. The number of benzene rings is 3. The van der Waals surface area contributed by atoms with E-state index in [2.05, 4.69) is 77.9 Å². The van der Waals surface area contributed by atoms with Crippen molar-refractivity contribution < 1.29 is 10.6 Å². The first-order valence-corrected chi connectivity index (χ1v) is 9.73. The van der Waals surface area contributed by atoms with Crippen LogP contribution in [0.5, 0.6) is 5.75 Å². The van der Waals surface area contributed by atoms with Crippen LogP contribution in [-0.4, -0.2) is 10.6 Å². The molecule has 0 bridgehead atoms. The van der Waals surface area contributed by atoms with Gasteiger partial charge >= 0.3 is 0 Å². The Labute approximate surface area is 165 Å². The van der Waals surface area contributed by atoms with Crippen LogP contribution in [0.2, 0.25) is 0 Å². The van der Waals surface area contributed by atoms with Crippen LogP contribution in [0.1, 0.15) is 53.5 Å². The first-order valence-electron chi connectivity index (χ1n) is 9.73. The quantitative estimate of drug-likeness (QED) is 0.518. The van der Waals surface area contributed by atoms with Gasteiger partial charge in [-0.25, -0.2) is 0 Å². The van der Waals surface area contributed by atoms with Gasteiger partial charge in [0.2, 0.25) is 0 Å². The van der Waals surface area contributed by atoms with Gasteiger partial charge < -0.3 is 10.6 Å². The van der Waals surface area contributed by atoms with Crippen LogP contribution >= 0.6 is 0 Å². The summed E-state index contributed by atoms with van der Waals surface area (Å²) >= 11 is 0. The molecule has 148 valence electrons. The van der Waals surface area contributed by atoms with Gasteiger partial charge in [-0.1, -0.05) is 90.4 Å². The molecule has 0 saturated carbocycles. The lowest BCUT2D eigenvalue weighted by Gasteiger charge is -2.06. The number of phenols is 1. The normalized spacial score (nSPS) is 9.59. The van der Waals surface area contributed by atoms with Crippen LogP contribution in [0.3, 0.4) is 0 Å². The molecule has 0 spiro atoms. The molecule has 2 heteroatoms. The number of aromatic hydroxyl groups is 1. The van der Waals surface area contributed by atoms with Crippen molar-refractivity contribution in [2.45, 2.75) is 54.4 Å². The second-order valence-corrected chi connectivity index (χ2v) is 7.24. The molecule has 0 aliphatic rings. The molecule has 0 heterocycles. The van der Waals surface area contributed by atoms with Crippen LogP contribution in [0, 0.1) is 5.92 Å². The van der Waals surface area contributed by atoms with E-state index in [1.807, 2.05) is 12.1 Å². The van der Waals surface area contributed by atoms with Gasteiger partial charge in [-0.2, -0.15) is 0 Å². The van der Waals surface area contributed by atoms with Crippen molar-refractivity contribution in [1.82, 2.24) is 0 Å². The number of fused-ring (bicyclic) bond motifs is 1. The molecule has 0 unspecified atom stereocenters. The highest BCUT2D eigenvalue weighted by Crippen LogP contribution is 2.26. The van der Waals surface area contributed by atoms with Crippen LogP contribution in [-0.2, 0) is 6.42 Å². The van der Waals surface area contributed by atoms with Crippen LogP contribution in [0.15, 0.2) is 60.7 Å². The van der Waals surface area contributed by atoms with Gasteiger partial charge in [0.25, 0.3) is 0 Å². The largest absolute Gasteiger partial charge is 0.508 e. The molecule has 0 radical (unpaired) electrons. The van der Waals surface area contributed by atoms with Crippen molar-refractivity contribution in [2.24, 2.45) is 5.92 Å². The van der Waals surface area contributed by atoms with E-state index in [1.165, 1.54) is 28.3 Å². The molecule has 0 aliphatic heterocycles. The minimum Gasteiger partial charge on any atom is -0.508 e. The topological polar surface area (TPSA) is 51.7 Å². The summed E-state index contributed by atoms with van der Waals surface area (Å²) in [7, 11) is 0. The smallest absolute Gasteiger partial charge is 0.115 e. The Bertz CT molecular complexity index is 771. The highest BCUT2D eigenvalue weighted by molar-refractivity contribution is 5.87. The Balaban J connectivity index is 0.000000738. The summed E-state index contributed by atoms with van der Waals surface area (Å²) in [5.41, 5.74) is 3.67. The Morgan fingerprint density at radius 1 is 0.704 bits per heavy atom. The van der Waals surface area contributed by atoms with Crippen molar-refractivity contribution in [1.29, 1.82) is 0 Å². The van der Waals surface area contributed by atoms with E-state index in [4.69, 9.17) is 0 Å². The van der Waals surface area contributed by atoms with Crippen molar-refractivity contribution in [3.63, 3.8) is 0 Å². The monoisotopic (exact) mass is 368 g/mol. The third kappa shape index (κ3) is 8.74. The summed E-state index contributed by atoms with van der Waals surface area (Å²) in [5.74, 6) is 1.14. The molecule has 27 heavy (non-hydrogen) atoms. The summed E-state index contributed by atoms with van der Waals surface area (Å²) in [6.45, 7) is 12.9. The van der Waals surface area contributed by atoms with E-state index in [0.29, 0.717) is 5.75 Å². The lowest BCUT2D eigenvalue weighted by atomic mass is 9.99. The van der Waals surface area contributed by atoms with Crippen molar-refractivity contribution in [2.75, 3.05) is 0 Å². The van der Waals surface area contributed by atoms with Gasteiger partial charge in [-0.05, 0) is 58.0 Å². The van der Waals surface area contributed by atoms with E-state index in [9.17, 15) is 5.11 Å². The Kier molecular flexibility index (Phi) is 11.8. The summed E-state index contributed by atoms with van der Waals surface area (Å²) < 4.78 is 0. The molecular weight excluding hydrogens is 332 g/mol. The summed E-state index contributed by atoms with van der Waals surface area (Å²) in [6, 6.07) is 20.4. The number of aryl methyl sites for hydroxylation is 1. The molecule has 0 amide bonds. The first kappa shape index (κ1) is 24.7. The molecule has 0 saturated heterocycles. The SMILES string of the molecule is CC(C)C.CCC.CCc1ccc2cc(-c3ccc(O)cc3)ccc2c1.O. The maximum absolute atomic E-state index is 9.33. The molecule has 0 fully saturated rings. The second-order valence-electron chi connectivity index (χ2n) is 7.24. The fourth-order valence-corrected chi connectivity index (χ4v) is 2.35. The lowest BCUT2D eigenvalue weighted by molar-refractivity contribution is 0.475. The minimum absolute atomic E-state index is 0. The standard InChI is InChI=1S/C18H16O.C4H10.C3H8.H2O/c1-2-13-3-4-17-12-16(6-5-15(17)11-13)14-7-9-18(19)10-8-14;1-4(2)3;1-3-2;/h3-12,19H,2H2,1H3;4H,1-3H3;3H2,1-2H3;1H2. The molecule has 3 N–H and O–H groups in total. The summed E-state index contributed by atoms with van der Waals surface area (Å²) in [6.07, 6.45) is 2.32. The predicted octanol–water partition coefficient (Wildman–Crippen LogP) is 7.03. The highest BCUT2D eigenvalue weighted by Gasteiger charge is 2.01. The maximum atomic E-state index is 9.33. The van der Waals surface area contributed by atoms with E-state index >= 15 is 0 Å². The third-order valence-corrected chi connectivity index (χ3v) is 3.51. The van der Waals surface area contributed by atoms with E-state index < -0.39 is 0 Å². The number of hydrogen-bond donors (Lipinski definition) is 1. The zero-order valence-corrected chi connectivity index (χ0v) is 17.7. The molecule has 0 aromatic heterocycles. The fourth-order valence-electron chi connectivity index (χ4n) is 2.35. The van der Waals surface area contributed by atoms with Crippen LogP contribution < -0.4 is 0 Å². The zero-order chi connectivity index (χ0) is 19.5. The average molecular weight is 369 g/mol. The van der Waals surface area contributed by atoms with E-state index in [1.54, 1.807) is 12.1 Å². The third-order valence-electron chi connectivity index (χ3n) is 3.51. The van der Waals surface area contributed by atoms with Crippen LogP contribution in [0.25, 0.3) is 21.9 Å². The number of rotatable bonds is 2. The lowest BCUT2D eigenvalue weighted by Crippen LogP contribution is -1.82. The Morgan fingerprint density at radius 2 is 1.15 bits per heavy atom. The Hall–Kier alpha value is -2.32. The molecule has 3 rings (SSSR count). The van der Waals surface area contributed by atoms with Crippen molar-refractivity contribution in [3.05, 3.63) is 66.2 Å². The molecule has 0 aliphatic carbocycles. The first-order chi connectivity index (χ1) is 12.4. The van der Waals surface area contributed by atoms with Gasteiger partial charge in [0.1, 0.15) is 5.75 Å². The van der Waals surface area contributed by atoms with Crippen LogP contribution in [0.4, 0.5) is 0 Å². The van der Waals surface area contributed by atoms with Crippen molar-refractivity contribution >= 4 is 10.8 Å². The van der Waals surface area contributed by atoms with Crippen molar-refractivity contribution in [3.8, 4) is 16.9 Å². The molecule has 3 aromatic rings. The Morgan fingerprint density at radius 3 is 1.67 bits per heavy atom. The van der Waals surface area contributed by atoms with Gasteiger partial charge in [0.05, 0.1) is 0 Å². The van der Waals surface area contributed by atoms with E-state index in [-0.39, 0.29) is 5.48 Å². The highest BCUT2D eigenvalue weighted by atomic mass is 16.3. The van der Waals surface area contributed by atoms with Gasteiger partial charge in [-0.3, -0.25) is 0 Å².